The molecule has 2 heteroatoms. The summed E-state index contributed by atoms with van der Waals surface area (Å²) in [5, 5.41) is 3.68. The molecule has 0 saturated carbocycles. The van der Waals surface area contributed by atoms with E-state index in [1.807, 2.05) is 0 Å². The first-order valence-corrected chi connectivity index (χ1v) is 8.63. The van der Waals surface area contributed by atoms with Gasteiger partial charge >= 0.3 is 0 Å². The summed E-state index contributed by atoms with van der Waals surface area (Å²) in [4.78, 5) is 0. The molecule has 2 rings (SSSR count). The normalized spacial score (nSPS) is 19.5. The minimum Gasteiger partial charge on any atom is -0.377 e. The number of nitrogens with one attached hydrogen (secondary N) is 1. The van der Waals surface area contributed by atoms with E-state index in [0.717, 1.165) is 13.2 Å². The molecule has 1 aromatic rings. The summed E-state index contributed by atoms with van der Waals surface area (Å²) in [5.41, 5.74) is 3.14. The predicted molar refractivity (Wildman–Crippen MR) is 89.9 cm³/mol. The van der Waals surface area contributed by atoms with Crippen molar-refractivity contribution in [2.45, 2.75) is 70.9 Å². The molecular formula is C19H31NO. The highest BCUT2D eigenvalue weighted by molar-refractivity contribution is 5.32. The fourth-order valence-electron chi connectivity index (χ4n) is 3.31. The Bertz CT molecular complexity index is 416. The van der Waals surface area contributed by atoms with Crippen LogP contribution in [0.15, 0.2) is 24.3 Å². The van der Waals surface area contributed by atoms with Crippen LogP contribution in [0, 0.1) is 0 Å². The molecule has 1 N–H and O–H groups in total. The molecule has 118 valence electrons. The SMILES string of the molecule is CCCNC(COC(C)C)CC1CCCc2ccccc21. The molecule has 0 fully saturated rings. The van der Waals surface area contributed by atoms with Gasteiger partial charge in [0.15, 0.2) is 0 Å². The van der Waals surface area contributed by atoms with E-state index in [4.69, 9.17) is 4.74 Å². The average Bonchev–Trinajstić information content (AvgIpc) is 2.50. The van der Waals surface area contributed by atoms with Crippen LogP contribution in [-0.4, -0.2) is 25.3 Å². The zero-order chi connectivity index (χ0) is 15.1. The van der Waals surface area contributed by atoms with Crippen LogP contribution in [0.3, 0.4) is 0 Å². The van der Waals surface area contributed by atoms with Crippen LogP contribution in [0.4, 0.5) is 0 Å². The largest absolute Gasteiger partial charge is 0.377 e. The third kappa shape index (κ3) is 5.12. The van der Waals surface area contributed by atoms with Crippen molar-refractivity contribution >= 4 is 0 Å². The number of hydrogen-bond acceptors (Lipinski definition) is 2. The number of benzene rings is 1. The first-order chi connectivity index (χ1) is 10.2. The van der Waals surface area contributed by atoms with E-state index in [2.05, 4.69) is 50.4 Å². The summed E-state index contributed by atoms with van der Waals surface area (Å²) < 4.78 is 5.87. The highest BCUT2D eigenvalue weighted by atomic mass is 16.5. The van der Waals surface area contributed by atoms with Gasteiger partial charge in [-0.05, 0) is 69.5 Å². The maximum Gasteiger partial charge on any atom is 0.0623 e. The van der Waals surface area contributed by atoms with Crippen LogP contribution in [-0.2, 0) is 11.2 Å². The molecule has 2 unspecified atom stereocenters. The maximum atomic E-state index is 5.87. The fraction of sp³-hybridized carbons (Fsp3) is 0.684. The van der Waals surface area contributed by atoms with Gasteiger partial charge in [0.05, 0.1) is 12.7 Å². The minimum atomic E-state index is 0.314. The second-order valence-electron chi connectivity index (χ2n) is 6.56. The van der Waals surface area contributed by atoms with Crippen LogP contribution in [0.5, 0.6) is 0 Å². The molecule has 0 bridgehead atoms. The van der Waals surface area contributed by atoms with Crippen molar-refractivity contribution in [1.29, 1.82) is 0 Å². The van der Waals surface area contributed by atoms with Gasteiger partial charge in [0.1, 0.15) is 0 Å². The number of rotatable bonds is 8. The molecule has 1 aliphatic carbocycles. The van der Waals surface area contributed by atoms with Gasteiger partial charge in [-0.25, -0.2) is 0 Å². The molecule has 0 heterocycles. The Kier molecular flexibility index (Phi) is 6.72. The molecule has 0 saturated heterocycles. The van der Waals surface area contributed by atoms with Gasteiger partial charge in [0.25, 0.3) is 0 Å². The highest BCUT2D eigenvalue weighted by Crippen LogP contribution is 2.34. The number of hydrogen-bond donors (Lipinski definition) is 1. The zero-order valence-electron chi connectivity index (χ0n) is 13.9. The standard InChI is InChI=1S/C19H31NO/c1-4-12-20-18(14-21-15(2)3)13-17-10-7-9-16-8-5-6-11-19(16)17/h5-6,8,11,15,17-18,20H,4,7,9-10,12-14H2,1-3H3. The van der Waals surface area contributed by atoms with Crippen molar-refractivity contribution in [1.82, 2.24) is 5.32 Å². The Morgan fingerprint density at radius 2 is 2.10 bits per heavy atom. The predicted octanol–water partition coefficient (Wildman–Crippen LogP) is 4.29. The van der Waals surface area contributed by atoms with E-state index in [9.17, 15) is 0 Å². The molecule has 2 nitrogen and oxygen atoms in total. The Hall–Kier alpha value is -0.860. The smallest absolute Gasteiger partial charge is 0.0623 e. The van der Waals surface area contributed by atoms with E-state index in [0.29, 0.717) is 18.1 Å². The quantitative estimate of drug-likeness (QED) is 0.771. The van der Waals surface area contributed by atoms with Crippen LogP contribution < -0.4 is 5.32 Å². The van der Waals surface area contributed by atoms with E-state index >= 15 is 0 Å². The van der Waals surface area contributed by atoms with Gasteiger partial charge < -0.3 is 10.1 Å². The van der Waals surface area contributed by atoms with Crippen molar-refractivity contribution in [3.05, 3.63) is 35.4 Å². The van der Waals surface area contributed by atoms with E-state index in [1.54, 1.807) is 11.1 Å². The van der Waals surface area contributed by atoms with E-state index < -0.39 is 0 Å². The van der Waals surface area contributed by atoms with E-state index in [1.165, 1.54) is 32.1 Å². The first kappa shape index (κ1) is 16.5. The monoisotopic (exact) mass is 289 g/mol. The van der Waals surface area contributed by atoms with Gasteiger partial charge in [-0.3, -0.25) is 0 Å². The molecular weight excluding hydrogens is 258 g/mol. The Morgan fingerprint density at radius 3 is 2.86 bits per heavy atom. The van der Waals surface area contributed by atoms with Crippen molar-refractivity contribution in [2.75, 3.05) is 13.2 Å². The van der Waals surface area contributed by atoms with Crippen molar-refractivity contribution in [3.8, 4) is 0 Å². The van der Waals surface area contributed by atoms with Crippen LogP contribution >= 0.6 is 0 Å². The van der Waals surface area contributed by atoms with Gasteiger partial charge in [-0.1, -0.05) is 31.2 Å². The molecule has 1 aliphatic rings. The molecule has 0 radical (unpaired) electrons. The topological polar surface area (TPSA) is 21.3 Å². The summed E-state index contributed by atoms with van der Waals surface area (Å²) in [6.45, 7) is 8.37. The summed E-state index contributed by atoms with van der Waals surface area (Å²) in [6.07, 6.45) is 6.59. The molecule has 1 aromatic carbocycles. The number of ether oxygens (including phenoxy) is 1. The van der Waals surface area contributed by atoms with Gasteiger partial charge in [-0.2, -0.15) is 0 Å². The third-order valence-electron chi connectivity index (χ3n) is 4.38. The van der Waals surface area contributed by atoms with Crippen LogP contribution in [0.1, 0.15) is 63.5 Å². The van der Waals surface area contributed by atoms with Crippen molar-refractivity contribution in [2.24, 2.45) is 0 Å². The Morgan fingerprint density at radius 1 is 1.29 bits per heavy atom. The number of aryl methyl sites for hydroxylation is 1. The molecule has 21 heavy (non-hydrogen) atoms. The van der Waals surface area contributed by atoms with Crippen LogP contribution in [0.2, 0.25) is 0 Å². The molecule has 2 atom stereocenters. The lowest BCUT2D eigenvalue weighted by Crippen LogP contribution is -2.36. The van der Waals surface area contributed by atoms with Gasteiger partial charge in [0.2, 0.25) is 0 Å². The second-order valence-corrected chi connectivity index (χ2v) is 6.56. The minimum absolute atomic E-state index is 0.314. The first-order valence-electron chi connectivity index (χ1n) is 8.63. The average molecular weight is 289 g/mol. The summed E-state index contributed by atoms with van der Waals surface area (Å²) >= 11 is 0. The fourth-order valence-corrected chi connectivity index (χ4v) is 3.31. The summed E-state index contributed by atoms with van der Waals surface area (Å²) in [5.74, 6) is 0.695. The van der Waals surface area contributed by atoms with Crippen molar-refractivity contribution in [3.63, 3.8) is 0 Å². The molecule has 0 amide bonds. The van der Waals surface area contributed by atoms with E-state index in [-0.39, 0.29) is 0 Å². The lowest BCUT2D eigenvalue weighted by molar-refractivity contribution is 0.0577. The maximum absolute atomic E-state index is 5.87. The highest BCUT2D eigenvalue weighted by Gasteiger charge is 2.23. The van der Waals surface area contributed by atoms with Gasteiger partial charge in [0, 0.05) is 6.04 Å². The lowest BCUT2D eigenvalue weighted by atomic mass is 9.79. The number of fused-ring (bicyclic) bond motifs is 1. The third-order valence-corrected chi connectivity index (χ3v) is 4.38. The van der Waals surface area contributed by atoms with Crippen LogP contribution in [0.25, 0.3) is 0 Å². The van der Waals surface area contributed by atoms with Crippen molar-refractivity contribution < 1.29 is 4.74 Å². The summed E-state index contributed by atoms with van der Waals surface area (Å²) in [6, 6.07) is 9.48. The zero-order valence-corrected chi connectivity index (χ0v) is 13.9. The summed E-state index contributed by atoms with van der Waals surface area (Å²) in [7, 11) is 0. The molecule has 0 aromatic heterocycles. The lowest BCUT2D eigenvalue weighted by Gasteiger charge is -2.30. The van der Waals surface area contributed by atoms with Gasteiger partial charge in [-0.15, -0.1) is 0 Å². The Balaban J connectivity index is 1.99. The Labute approximate surface area is 130 Å². The second kappa shape index (κ2) is 8.55. The molecule has 0 spiro atoms. The molecule has 0 aliphatic heterocycles.